The van der Waals surface area contributed by atoms with Crippen LogP contribution in [-0.4, -0.2) is 0 Å². The molecule has 0 radical (unpaired) electrons. The summed E-state index contributed by atoms with van der Waals surface area (Å²) in [7, 11) is 0. The Kier molecular flexibility index (Phi) is 5.19. The van der Waals surface area contributed by atoms with Crippen LogP contribution >= 0.6 is 0 Å². The van der Waals surface area contributed by atoms with Crippen LogP contribution in [0.25, 0.3) is 44.2 Å². The molecule has 6 aromatic rings. The van der Waals surface area contributed by atoms with E-state index in [9.17, 15) is 0 Å². The van der Waals surface area contributed by atoms with Crippen LogP contribution in [0.1, 0.15) is 25.0 Å². The van der Waals surface area contributed by atoms with Crippen LogP contribution in [0.15, 0.2) is 133 Å². The highest BCUT2D eigenvalue weighted by Crippen LogP contribution is 2.53. The van der Waals surface area contributed by atoms with Gasteiger partial charge in [0.1, 0.15) is 0 Å². The maximum Gasteiger partial charge on any atom is 0.0387 e. The number of anilines is 2. The van der Waals surface area contributed by atoms with Crippen molar-refractivity contribution < 1.29 is 0 Å². The fourth-order valence-corrected chi connectivity index (χ4v) is 6.09. The first-order chi connectivity index (χ1) is 18.6. The molecule has 0 aliphatic heterocycles. The molecular weight excluding hydrogens is 458 g/mol. The second-order valence-corrected chi connectivity index (χ2v) is 10.7. The zero-order chi connectivity index (χ0) is 25.7. The molecule has 0 amide bonds. The standard InChI is InChI=1S/C37H29N/c1-37(2)34-17-9-16-32(31-15-8-13-27-12-6-7-14-30(27)31)36(34)33-23-22-29(24-35(33)37)38-28-20-18-26(19-21-28)25-10-4-3-5-11-25/h3-24,38H,1-2H3. The summed E-state index contributed by atoms with van der Waals surface area (Å²) in [4.78, 5) is 0. The first-order valence-corrected chi connectivity index (χ1v) is 13.3. The van der Waals surface area contributed by atoms with E-state index in [1.165, 1.54) is 55.3 Å². The van der Waals surface area contributed by atoms with Crippen LogP contribution in [0.3, 0.4) is 0 Å². The molecule has 1 aliphatic rings. The Hall–Kier alpha value is -4.62. The number of hydrogen-bond donors (Lipinski definition) is 1. The summed E-state index contributed by atoms with van der Waals surface area (Å²) in [6.07, 6.45) is 0. The molecule has 0 saturated heterocycles. The molecule has 0 fully saturated rings. The maximum atomic E-state index is 3.65. The summed E-state index contributed by atoms with van der Waals surface area (Å²) < 4.78 is 0. The van der Waals surface area contributed by atoms with E-state index in [1.807, 2.05) is 0 Å². The van der Waals surface area contributed by atoms with Crippen LogP contribution in [0.4, 0.5) is 11.4 Å². The van der Waals surface area contributed by atoms with Gasteiger partial charge in [-0.15, -0.1) is 0 Å². The lowest BCUT2D eigenvalue weighted by Gasteiger charge is -2.22. The van der Waals surface area contributed by atoms with Gasteiger partial charge in [-0.3, -0.25) is 0 Å². The summed E-state index contributed by atoms with van der Waals surface area (Å²) in [6, 6.07) is 48.2. The van der Waals surface area contributed by atoms with E-state index >= 15 is 0 Å². The molecule has 1 heteroatoms. The lowest BCUT2D eigenvalue weighted by molar-refractivity contribution is 0.661. The lowest BCUT2D eigenvalue weighted by atomic mass is 9.81. The Morgan fingerprint density at radius 2 is 1.13 bits per heavy atom. The predicted molar refractivity (Wildman–Crippen MR) is 162 cm³/mol. The number of nitrogens with one attached hydrogen (secondary N) is 1. The molecule has 0 bridgehead atoms. The Bertz CT molecular complexity index is 1790. The van der Waals surface area contributed by atoms with E-state index in [0.29, 0.717) is 0 Å². The van der Waals surface area contributed by atoms with E-state index < -0.39 is 0 Å². The van der Waals surface area contributed by atoms with Crippen molar-refractivity contribution in [2.24, 2.45) is 0 Å². The van der Waals surface area contributed by atoms with Crippen molar-refractivity contribution in [3.63, 3.8) is 0 Å². The van der Waals surface area contributed by atoms with Gasteiger partial charge in [0.05, 0.1) is 0 Å². The van der Waals surface area contributed by atoms with Gasteiger partial charge in [-0.05, 0) is 79.5 Å². The van der Waals surface area contributed by atoms with E-state index in [1.54, 1.807) is 0 Å². The number of rotatable bonds is 4. The van der Waals surface area contributed by atoms with Crippen LogP contribution in [0.2, 0.25) is 0 Å². The van der Waals surface area contributed by atoms with Gasteiger partial charge in [-0.1, -0.05) is 123 Å². The van der Waals surface area contributed by atoms with Crippen molar-refractivity contribution in [1.82, 2.24) is 0 Å². The highest BCUT2D eigenvalue weighted by molar-refractivity contribution is 6.03. The van der Waals surface area contributed by atoms with Crippen molar-refractivity contribution in [2.45, 2.75) is 19.3 Å². The van der Waals surface area contributed by atoms with Gasteiger partial charge < -0.3 is 5.32 Å². The average molecular weight is 488 g/mol. The highest BCUT2D eigenvalue weighted by Gasteiger charge is 2.37. The topological polar surface area (TPSA) is 12.0 Å². The normalized spacial score (nSPS) is 13.2. The van der Waals surface area contributed by atoms with Crippen molar-refractivity contribution in [3.05, 3.63) is 145 Å². The Balaban J connectivity index is 1.28. The zero-order valence-electron chi connectivity index (χ0n) is 21.7. The van der Waals surface area contributed by atoms with Crippen LogP contribution in [0, 0.1) is 0 Å². The minimum atomic E-state index is -0.0832. The quantitative estimate of drug-likeness (QED) is 0.261. The van der Waals surface area contributed by atoms with Crippen molar-refractivity contribution >= 4 is 22.1 Å². The molecule has 38 heavy (non-hydrogen) atoms. The van der Waals surface area contributed by atoms with E-state index in [2.05, 4.69) is 153 Å². The van der Waals surface area contributed by atoms with Gasteiger partial charge in [-0.2, -0.15) is 0 Å². The molecule has 1 N–H and O–H groups in total. The molecule has 0 heterocycles. The molecule has 1 aliphatic carbocycles. The summed E-state index contributed by atoms with van der Waals surface area (Å²) in [5.41, 5.74) is 12.6. The summed E-state index contributed by atoms with van der Waals surface area (Å²) in [5.74, 6) is 0. The van der Waals surface area contributed by atoms with Crippen molar-refractivity contribution in [3.8, 4) is 33.4 Å². The monoisotopic (exact) mass is 487 g/mol. The first kappa shape index (κ1) is 22.6. The summed E-state index contributed by atoms with van der Waals surface area (Å²) >= 11 is 0. The van der Waals surface area contributed by atoms with Gasteiger partial charge in [0, 0.05) is 16.8 Å². The fourth-order valence-electron chi connectivity index (χ4n) is 6.09. The largest absolute Gasteiger partial charge is 0.356 e. The molecule has 0 unspecified atom stereocenters. The summed E-state index contributed by atoms with van der Waals surface area (Å²) in [5, 5.41) is 6.22. The molecule has 7 rings (SSSR count). The van der Waals surface area contributed by atoms with E-state index in [-0.39, 0.29) is 5.41 Å². The predicted octanol–water partition coefficient (Wildman–Crippen LogP) is 10.2. The molecular formula is C37H29N. The third-order valence-corrected chi connectivity index (χ3v) is 8.06. The lowest BCUT2D eigenvalue weighted by Crippen LogP contribution is -2.15. The first-order valence-electron chi connectivity index (χ1n) is 13.3. The smallest absolute Gasteiger partial charge is 0.0387 e. The zero-order valence-corrected chi connectivity index (χ0v) is 21.7. The van der Waals surface area contributed by atoms with Gasteiger partial charge >= 0.3 is 0 Å². The Morgan fingerprint density at radius 1 is 0.474 bits per heavy atom. The van der Waals surface area contributed by atoms with Crippen LogP contribution in [0.5, 0.6) is 0 Å². The fraction of sp³-hybridized carbons (Fsp3) is 0.0811. The highest BCUT2D eigenvalue weighted by atomic mass is 14.9. The maximum absolute atomic E-state index is 3.65. The van der Waals surface area contributed by atoms with Gasteiger partial charge in [0.15, 0.2) is 0 Å². The molecule has 0 aromatic heterocycles. The van der Waals surface area contributed by atoms with Gasteiger partial charge in [0.25, 0.3) is 0 Å². The number of hydrogen-bond acceptors (Lipinski definition) is 1. The third-order valence-electron chi connectivity index (χ3n) is 8.06. The Morgan fingerprint density at radius 3 is 1.97 bits per heavy atom. The SMILES string of the molecule is CC1(C)c2cc(Nc3ccc(-c4ccccc4)cc3)ccc2-c2c(-c3cccc4ccccc34)cccc21. The van der Waals surface area contributed by atoms with Crippen molar-refractivity contribution in [2.75, 3.05) is 5.32 Å². The molecule has 1 nitrogen and oxygen atoms in total. The minimum Gasteiger partial charge on any atom is -0.356 e. The molecule has 182 valence electrons. The minimum absolute atomic E-state index is 0.0832. The molecule has 6 aromatic carbocycles. The van der Waals surface area contributed by atoms with E-state index in [4.69, 9.17) is 0 Å². The number of fused-ring (bicyclic) bond motifs is 4. The second-order valence-electron chi connectivity index (χ2n) is 10.7. The average Bonchev–Trinajstić information content (AvgIpc) is 3.20. The number of benzene rings is 6. The van der Waals surface area contributed by atoms with Crippen molar-refractivity contribution in [1.29, 1.82) is 0 Å². The summed E-state index contributed by atoms with van der Waals surface area (Å²) in [6.45, 7) is 4.70. The van der Waals surface area contributed by atoms with Crippen LogP contribution in [-0.2, 0) is 5.41 Å². The van der Waals surface area contributed by atoms with Gasteiger partial charge in [0.2, 0.25) is 0 Å². The Labute approximate surface area is 224 Å². The molecule has 0 saturated carbocycles. The van der Waals surface area contributed by atoms with E-state index in [0.717, 1.165) is 11.4 Å². The molecule has 0 spiro atoms. The molecule has 0 atom stereocenters. The second kappa shape index (κ2) is 8.75. The van der Waals surface area contributed by atoms with Crippen LogP contribution < -0.4 is 5.32 Å². The van der Waals surface area contributed by atoms with Gasteiger partial charge in [-0.25, -0.2) is 0 Å². The third kappa shape index (κ3) is 3.63.